The molecular formula is C46H86O4. The fraction of sp³-hybridized carbons (Fsp3) is 0.848. The fourth-order valence-corrected chi connectivity index (χ4v) is 6.34. The van der Waals surface area contributed by atoms with E-state index in [1.165, 1.54) is 167 Å². The number of rotatable bonds is 41. The lowest BCUT2D eigenvalue weighted by atomic mass is 10.0. The Hall–Kier alpha value is -1.39. The summed E-state index contributed by atoms with van der Waals surface area (Å²) in [4.78, 5) is 12.2. The lowest BCUT2D eigenvalue weighted by Crippen LogP contribution is -2.27. The predicted octanol–water partition coefficient (Wildman–Crippen LogP) is 14.5. The van der Waals surface area contributed by atoms with E-state index in [4.69, 9.17) is 9.47 Å². The number of hydrogen-bond acceptors (Lipinski definition) is 4. The smallest absolute Gasteiger partial charge is 0.306 e. The van der Waals surface area contributed by atoms with Crippen molar-refractivity contribution in [2.75, 3.05) is 19.8 Å². The standard InChI is InChI=1S/C46H86O4/c1-3-5-7-9-11-13-15-17-19-20-21-22-23-24-25-26-27-28-30-32-34-36-38-40-42-49-44-45(43-47)50-46(48)41-39-37-35-33-31-29-18-16-14-12-10-8-6-4-2/h10,12,16,18,20-21,45,47H,3-9,11,13-15,17,19,22-44H2,1-2H3/b12-10-,18-16-,21-20-. The summed E-state index contributed by atoms with van der Waals surface area (Å²) >= 11 is 0. The van der Waals surface area contributed by atoms with E-state index in [1.807, 2.05) is 0 Å². The number of unbranched alkanes of at least 4 members (excludes halogenated alkanes) is 27. The predicted molar refractivity (Wildman–Crippen MR) is 219 cm³/mol. The number of hydrogen-bond donors (Lipinski definition) is 1. The molecule has 0 saturated carbocycles. The second kappa shape index (κ2) is 43.8. The Morgan fingerprint density at radius 2 is 0.860 bits per heavy atom. The van der Waals surface area contributed by atoms with E-state index in [0.717, 1.165) is 38.5 Å². The van der Waals surface area contributed by atoms with Gasteiger partial charge in [0.15, 0.2) is 0 Å². The van der Waals surface area contributed by atoms with Crippen molar-refractivity contribution < 1.29 is 19.4 Å². The van der Waals surface area contributed by atoms with E-state index >= 15 is 0 Å². The minimum absolute atomic E-state index is 0.176. The SMILES string of the molecule is CCCC/C=C\C/C=C\CCCCCCCC(=O)OC(CO)COCCCCCCCCCCCCCC/C=C\CCCCCCCCCC. The Morgan fingerprint density at radius 1 is 0.480 bits per heavy atom. The van der Waals surface area contributed by atoms with Gasteiger partial charge in [-0.1, -0.05) is 192 Å². The number of allylic oxidation sites excluding steroid dienone is 6. The normalized spacial score (nSPS) is 12.6. The first-order valence-electron chi connectivity index (χ1n) is 22.1. The number of esters is 1. The Labute approximate surface area is 312 Å². The lowest BCUT2D eigenvalue weighted by molar-refractivity contribution is -0.154. The average Bonchev–Trinajstić information content (AvgIpc) is 3.12. The highest BCUT2D eigenvalue weighted by atomic mass is 16.6. The van der Waals surface area contributed by atoms with Crippen LogP contribution in [0.5, 0.6) is 0 Å². The molecular weight excluding hydrogens is 617 g/mol. The monoisotopic (exact) mass is 703 g/mol. The van der Waals surface area contributed by atoms with Crippen LogP contribution < -0.4 is 0 Å². The van der Waals surface area contributed by atoms with Gasteiger partial charge in [-0.3, -0.25) is 4.79 Å². The Bertz CT molecular complexity index is 742. The molecule has 0 aliphatic carbocycles. The largest absolute Gasteiger partial charge is 0.457 e. The highest BCUT2D eigenvalue weighted by Crippen LogP contribution is 2.14. The van der Waals surface area contributed by atoms with E-state index in [9.17, 15) is 9.90 Å². The number of carbonyl (C=O) groups excluding carboxylic acids is 1. The first-order chi connectivity index (χ1) is 24.7. The average molecular weight is 703 g/mol. The van der Waals surface area contributed by atoms with Crippen LogP contribution in [0.3, 0.4) is 0 Å². The topological polar surface area (TPSA) is 55.8 Å². The third-order valence-electron chi connectivity index (χ3n) is 9.69. The molecule has 0 aliphatic rings. The van der Waals surface area contributed by atoms with Crippen LogP contribution in [0.4, 0.5) is 0 Å². The molecule has 0 fully saturated rings. The maximum atomic E-state index is 12.2. The van der Waals surface area contributed by atoms with Crippen LogP contribution in [0.15, 0.2) is 36.5 Å². The van der Waals surface area contributed by atoms with Gasteiger partial charge in [0.2, 0.25) is 0 Å². The molecule has 50 heavy (non-hydrogen) atoms. The highest BCUT2D eigenvalue weighted by Gasteiger charge is 2.13. The molecule has 0 aliphatic heterocycles. The van der Waals surface area contributed by atoms with Crippen molar-refractivity contribution in [3.8, 4) is 0 Å². The van der Waals surface area contributed by atoms with Gasteiger partial charge in [0.25, 0.3) is 0 Å². The van der Waals surface area contributed by atoms with E-state index in [2.05, 4.69) is 50.3 Å². The molecule has 0 radical (unpaired) electrons. The number of aliphatic hydroxyl groups is 1. The molecule has 0 amide bonds. The molecule has 0 aromatic rings. The zero-order chi connectivity index (χ0) is 36.3. The summed E-state index contributed by atoms with van der Waals surface area (Å²) in [6.07, 6.45) is 55.0. The summed E-state index contributed by atoms with van der Waals surface area (Å²) < 4.78 is 11.2. The van der Waals surface area contributed by atoms with Crippen molar-refractivity contribution in [3.63, 3.8) is 0 Å². The van der Waals surface area contributed by atoms with Gasteiger partial charge < -0.3 is 14.6 Å². The highest BCUT2D eigenvalue weighted by molar-refractivity contribution is 5.69. The Kier molecular flexibility index (Phi) is 42.6. The van der Waals surface area contributed by atoms with E-state index < -0.39 is 6.10 Å². The number of aliphatic hydroxyl groups excluding tert-OH is 1. The van der Waals surface area contributed by atoms with Crippen molar-refractivity contribution in [2.24, 2.45) is 0 Å². The molecule has 0 spiro atoms. The van der Waals surface area contributed by atoms with Crippen LogP contribution in [0.2, 0.25) is 0 Å². The van der Waals surface area contributed by atoms with Crippen LogP contribution in [0.1, 0.15) is 226 Å². The van der Waals surface area contributed by atoms with E-state index in [1.54, 1.807) is 0 Å². The quantitative estimate of drug-likeness (QED) is 0.0391. The summed E-state index contributed by atoms with van der Waals surface area (Å²) in [7, 11) is 0. The molecule has 0 heterocycles. The maximum absolute atomic E-state index is 12.2. The van der Waals surface area contributed by atoms with Crippen molar-refractivity contribution in [1.29, 1.82) is 0 Å². The number of carbonyl (C=O) groups is 1. The van der Waals surface area contributed by atoms with Gasteiger partial charge in [-0.25, -0.2) is 0 Å². The molecule has 0 saturated heterocycles. The maximum Gasteiger partial charge on any atom is 0.306 e. The van der Waals surface area contributed by atoms with Crippen LogP contribution >= 0.6 is 0 Å². The minimum atomic E-state index is -0.540. The zero-order valence-electron chi connectivity index (χ0n) is 33.7. The van der Waals surface area contributed by atoms with Gasteiger partial charge in [-0.15, -0.1) is 0 Å². The van der Waals surface area contributed by atoms with Crippen molar-refractivity contribution >= 4 is 5.97 Å². The molecule has 0 bridgehead atoms. The van der Waals surface area contributed by atoms with Gasteiger partial charge in [-0.05, 0) is 64.2 Å². The van der Waals surface area contributed by atoms with Crippen molar-refractivity contribution in [1.82, 2.24) is 0 Å². The molecule has 1 atom stereocenters. The second-order valence-electron chi connectivity index (χ2n) is 14.8. The molecule has 1 unspecified atom stereocenters. The van der Waals surface area contributed by atoms with E-state index in [-0.39, 0.29) is 12.6 Å². The molecule has 0 rings (SSSR count). The summed E-state index contributed by atoms with van der Waals surface area (Å²) in [6.45, 7) is 5.31. The molecule has 0 aromatic heterocycles. The minimum Gasteiger partial charge on any atom is -0.457 e. The molecule has 0 aromatic carbocycles. The van der Waals surface area contributed by atoms with Gasteiger partial charge >= 0.3 is 5.97 Å². The summed E-state index contributed by atoms with van der Waals surface area (Å²) in [5.74, 6) is -0.213. The molecule has 4 heteroatoms. The third-order valence-corrected chi connectivity index (χ3v) is 9.69. The lowest BCUT2D eigenvalue weighted by Gasteiger charge is -2.15. The molecule has 4 nitrogen and oxygen atoms in total. The molecule has 1 N–H and O–H groups in total. The van der Waals surface area contributed by atoms with Gasteiger partial charge in [0.1, 0.15) is 6.10 Å². The van der Waals surface area contributed by atoms with Crippen LogP contribution in [-0.2, 0) is 14.3 Å². The Morgan fingerprint density at radius 3 is 1.32 bits per heavy atom. The zero-order valence-corrected chi connectivity index (χ0v) is 33.7. The van der Waals surface area contributed by atoms with Gasteiger partial charge in [0, 0.05) is 13.0 Å². The summed E-state index contributed by atoms with van der Waals surface area (Å²) in [5.41, 5.74) is 0. The second-order valence-corrected chi connectivity index (χ2v) is 14.8. The van der Waals surface area contributed by atoms with Crippen LogP contribution in [-0.4, -0.2) is 37.0 Å². The van der Waals surface area contributed by atoms with Gasteiger partial charge in [-0.2, -0.15) is 0 Å². The Balaban J connectivity index is 3.39. The number of ether oxygens (including phenoxy) is 2. The first kappa shape index (κ1) is 48.6. The fourth-order valence-electron chi connectivity index (χ4n) is 6.34. The van der Waals surface area contributed by atoms with Crippen molar-refractivity contribution in [2.45, 2.75) is 232 Å². The summed E-state index contributed by atoms with van der Waals surface area (Å²) in [6, 6.07) is 0. The third kappa shape index (κ3) is 41.0. The van der Waals surface area contributed by atoms with E-state index in [0.29, 0.717) is 19.6 Å². The molecule has 294 valence electrons. The van der Waals surface area contributed by atoms with Crippen molar-refractivity contribution in [3.05, 3.63) is 36.5 Å². The van der Waals surface area contributed by atoms with Crippen LogP contribution in [0, 0.1) is 0 Å². The summed E-state index contributed by atoms with van der Waals surface area (Å²) in [5, 5.41) is 9.59. The first-order valence-corrected chi connectivity index (χ1v) is 22.1. The van der Waals surface area contributed by atoms with Crippen LogP contribution in [0.25, 0.3) is 0 Å². The van der Waals surface area contributed by atoms with Gasteiger partial charge in [0.05, 0.1) is 13.2 Å².